The third-order valence-corrected chi connectivity index (χ3v) is 3.14. The van der Waals surface area contributed by atoms with Gasteiger partial charge in [0.15, 0.2) is 4.88 Å². The molecule has 0 atom stereocenters. The SMILES string of the molecule is COc1c(C(N)=O)sc(=O)n1-c1ccccc1. The number of methoxy groups -OCH3 is 1. The number of amides is 1. The molecule has 17 heavy (non-hydrogen) atoms. The van der Waals surface area contributed by atoms with Crippen LogP contribution in [0.1, 0.15) is 9.67 Å². The lowest BCUT2D eigenvalue weighted by Gasteiger charge is -2.06. The minimum Gasteiger partial charge on any atom is -0.481 e. The molecule has 0 saturated carbocycles. The molecule has 0 aliphatic carbocycles. The molecule has 2 N–H and O–H groups in total. The first-order chi connectivity index (χ1) is 8.15. The fourth-order valence-corrected chi connectivity index (χ4v) is 2.32. The summed E-state index contributed by atoms with van der Waals surface area (Å²) in [6.07, 6.45) is 0. The fraction of sp³-hybridized carbons (Fsp3) is 0.0909. The van der Waals surface area contributed by atoms with Gasteiger partial charge in [-0.05, 0) is 12.1 Å². The van der Waals surface area contributed by atoms with Crippen molar-refractivity contribution in [1.82, 2.24) is 4.57 Å². The number of aromatic nitrogens is 1. The number of para-hydroxylation sites is 1. The number of carbonyl (C=O) groups excluding carboxylic acids is 1. The van der Waals surface area contributed by atoms with Crippen molar-refractivity contribution in [2.45, 2.75) is 0 Å². The van der Waals surface area contributed by atoms with Gasteiger partial charge in [0, 0.05) is 0 Å². The topological polar surface area (TPSA) is 74.3 Å². The smallest absolute Gasteiger partial charge is 0.315 e. The first-order valence-corrected chi connectivity index (χ1v) is 5.62. The molecule has 88 valence electrons. The maximum absolute atomic E-state index is 11.8. The third kappa shape index (κ3) is 1.94. The second-order valence-electron chi connectivity index (χ2n) is 3.24. The van der Waals surface area contributed by atoms with Crippen molar-refractivity contribution in [3.8, 4) is 11.6 Å². The van der Waals surface area contributed by atoms with E-state index in [4.69, 9.17) is 10.5 Å². The summed E-state index contributed by atoms with van der Waals surface area (Å²) in [4.78, 5) is 22.8. The zero-order valence-electron chi connectivity index (χ0n) is 9.04. The number of ether oxygens (including phenoxy) is 1. The van der Waals surface area contributed by atoms with E-state index >= 15 is 0 Å². The van der Waals surface area contributed by atoms with Gasteiger partial charge >= 0.3 is 4.87 Å². The van der Waals surface area contributed by atoms with E-state index in [2.05, 4.69) is 0 Å². The molecule has 0 aliphatic rings. The monoisotopic (exact) mass is 250 g/mol. The molecule has 6 heteroatoms. The van der Waals surface area contributed by atoms with Crippen molar-refractivity contribution >= 4 is 17.2 Å². The van der Waals surface area contributed by atoms with Gasteiger partial charge in [0.1, 0.15) is 0 Å². The van der Waals surface area contributed by atoms with Crippen molar-refractivity contribution < 1.29 is 9.53 Å². The molecular weight excluding hydrogens is 240 g/mol. The van der Waals surface area contributed by atoms with Gasteiger partial charge in [0.05, 0.1) is 12.8 Å². The van der Waals surface area contributed by atoms with E-state index in [0.717, 1.165) is 11.3 Å². The van der Waals surface area contributed by atoms with E-state index in [1.807, 2.05) is 6.07 Å². The highest BCUT2D eigenvalue weighted by molar-refractivity contribution is 7.11. The van der Waals surface area contributed by atoms with Crippen molar-refractivity contribution in [2.75, 3.05) is 7.11 Å². The highest BCUT2D eigenvalue weighted by atomic mass is 32.1. The molecule has 5 nitrogen and oxygen atoms in total. The first-order valence-electron chi connectivity index (χ1n) is 4.80. The third-order valence-electron chi connectivity index (χ3n) is 2.20. The highest BCUT2D eigenvalue weighted by Crippen LogP contribution is 2.24. The van der Waals surface area contributed by atoms with Crippen LogP contribution >= 0.6 is 11.3 Å². The summed E-state index contributed by atoms with van der Waals surface area (Å²) in [5.74, 6) is -0.489. The lowest BCUT2D eigenvalue weighted by Crippen LogP contribution is -2.13. The zero-order valence-corrected chi connectivity index (χ0v) is 9.86. The lowest BCUT2D eigenvalue weighted by atomic mass is 10.3. The van der Waals surface area contributed by atoms with Crippen LogP contribution < -0.4 is 15.3 Å². The van der Waals surface area contributed by atoms with Crippen molar-refractivity contribution in [1.29, 1.82) is 0 Å². The van der Waals surface area contributed by atoms with Crippen molar-refractivity contribution in [3.05, 3.63) is 44.9 Å². The predicted molar refractivity (Wildman–Crippen MR) is 65.0 cm³/mol. The summed E-state index contributed by atoms with van der Waals surface area (Å²) >= 11 is 0.776. The van der Waals surface area contributed by atoms with E-state index in [0.29, 0.717) is 5.69 Å². The maximum Gasteiger partial charge on any atom is 0.315 e. The van der Waals surface area contributed by atoms with E-state index < -0.39 is 5.91 Å². The standard InChI is InChI=1S/C11H10N2O3S/c1-16-10-8(9(12)14)17-11(15)13(10)7-5-3-2-4-6-7/h2-6H,1H3,(H2,12,14). The fourth-order valence-electron chi connectivity index (χ4n) is 1.50. The summed E-state index contributed by atoms with van der Waals surface area (Å²) in [7, 11) is 1.40. The minimum atomic E-state index is -0.668. The predicted octanol–water partition coefficient (Wildman–Crippen LogP) is 1.01. The average molecular weight is 250 g/mol. The van der Waals surface area contributed by atoms with Crippen LogP contribution in [0.25, 0.3) is 5.69 Å². The van der Waals surface area contributed by atoms with Gasteiger partial charge < -0.3 is 10.5 Å². The highest BCUT2D eigenvalue weighted by Gasteiger charge is 2.20. The molecule has 2 rings (SSSR count). The van der Waals surface area contributed by atoms with Crippen LogP contribution in [-0.4, -0.2) is 17.6 Å². The van der Waals surface area contributed by atoms with Gasteiger partial charge in [-0.2, -0.15) is 0 Å². The molecule has 0 aliphatic heterocycles. The number of nitrogens with zero attached hydrogens (tertiary/aromatic N) is 1. The summed E-state index contributed by atoms with van der Waals surface area (Å²) in [6.45, 7) is 0. The van der Waals surface area contributed by atoms with Gasteiger partial charge in [-0.15, -0.1) is 0 Å². The Hall–Kier alpha value is -2.08. The zero-order chi connectivity index (χ0) is 12.4. The van der Waals surface area contributed by atoms with E-state index in [1.54, 1.807) is 24.3 Å². The summed E-state index contributed by atoms with van der Waals surface area (Å²) in [5.41, 5.74) is 5.83. The second-order valence-corrected chi connectivity index (χ2v) is 4.20. The molecule has 1 aromatic carbocycles. The van der Waals surface area contributed by atoms with Crippen LogP contribution in [0.4, 0.5) is 0 Å². The van der Waals surface area contributed by atoms with Crippen LogP contribution in [0.15, 0.2) is 35.1 Å². The van der Waals surface area contributed by atoms with Gasteiger partial charge in [-0.25, -0.2) is 4.57 Å². The summed E-state index contributed by atoms with van der Waals surface area (Å²) in [6, 6.07) is 8.93. The summed E-state index contributed by atoms with van der Waals surface area (Å²) in [5, 5.41) is 0. The second kappa shape index (κ2) is 4.42. The van der Waals surface area contributed by atoms with Crippen LogP contribution in [0.2, 0.25) is 0 Å². The van der Waals surface area contributed by atoms with Gasteiger partial charge in [0.2, 0.25) is 5.88 Å². The molecule has 2 aromatic rings. The van der Waals surface area contributed by atoms with Crippen LogP contribution in [0, 0.1) is 0 Å². The Balaban J connectivity index is 2.70. The largest absolute Gasteiger partial charge is 0.481 e. The Morgan fingerprint density at radius 2 is 2.00 bits per heavy atom. The molecule has 0 saturated heterocycles. The van der Waals surface area contributed by atoms with Crippen LogP contribution in [-0.2, 0) is 0 Å². The van der Waals surface area contributed by atoms with Gasteiger partial charge in [-0.3, -0.25) is 9.59 Å². The molecule has 1 aromatic heterocycles. The molecular formula is C11H10N2O3S. The summed E-state index contributed by atoms with van der Waals surface area (Å²) < 4.78 is 6.41. The molecule has 0 spiro atoms. The maximum atomic E-state index is 11.8. The van der Waals surface area contributed by atoms with Crippen LogP contribution in [0.3, 0.4) is 0 Å². The molecule has 0 radical (unpaired) electrons. The Labute approximate surface area is 101 Å². The number of rotatable bonds is 3. The minimum absolute atomic E-state index is 0.126. The molecule has 0 fully saturated rings. The van der Waals surface area contributed by atoms with Crippen molar-refractivity contribution in [2.24, 2.45) is 5.73 Å². The Morgan fingerprint density at radius 1 is 1.35 bits per heavy atom. The number of benzene rings is 1. The van der Waals surface area contributed by atoms with Gasteiger partial charge in [-0.1, -0.05) is 29.5 Å². The van der Waals surface area contributed by atoms with E-state index in [9.17, 15) is 9.59 Å². The Morgan fingerprint density at radius 3 is 2.53 bits per heavy atom. The van der Waals surface area contributed by atoms with Crippen LogP contribution in [0.5, 0.6) is 5.88 Å². The van der Waals surface area contributed by atoms with E-state index in [1.165, 1.54) is 11.7 Å². The average Bonchev–Trinajstić information content (AvgIpc) is 2.67. The first kappa shape index (κ1) is 11.4. The number of thiazole rings is 1. The number of hydrogen-bond donors (Lipinski definition) is 1. The normalized spacial score (nSPS) is 10.2. The molecule has 1 heterocycles. The Bertz CT molecular complexity index is 601. The molecule has 0 bridgehead atoms. The van der Waals surface area contributed by atoms with E-state index in [-0.39, 0.29) is 15.6 Å². The van der Waals surface area contributed by atoms with Crippen molar-refractivity contribution in [3.63, 3.8) is 0 Å². The lowest BCUT2D eigenvalue weighted by molar-refractivity contribution is 0.100. The molecule has 1 amide bonds. The van der Waals surface area contributed by atoms with Gasteiger partial charge in [0.25, 0.3) is 5.91 Å². The Kier molecular flexibility index (Phi) is 2.97. The number of hydrogen-bond acceptors (Lipinski definition) is 4. The number of nitrogens with two attached hydrogens (primary N) is 1. The quantitative estimate of drug-likeness (QED) is 0.883. The number of carbonyl (C=O) groups is 1. The molecule has 0 unspecified atom stereocenters. The number of primary amides is 1.